The molecule has 0 heterocycles. The van der Waals surface area contributed by atoms with Gasteiger partial charge < -0.3 is 25.0 Å². The van der Waals surface area contributed by atoms with E-state index in [4.69, 9.17) is 21.7 Å². The van der Waals surface area contributed by atoms with Crippen molar-refractivity contribution < 1.29 is 23.9 Å². The second kappa shape index (κ2) is 11.8. The summed E-state index contributed by atoms with van der Waals surface area (Å²) in [6, 6.07) is 4.74. The number of likely N-dealkylation sites (N-methyl/N-ethyl adjacent to an activating group) is 1. The Balaban J connectivity index is 3.01. The van der Waals surface area contributed by atoms with Gasteiger partial charge in [-0.1, -0.05) is 0 Å². The number of alkyl carbamates (subject to hydrolysis) is 1. The molecule has 0 aromatic heterocycles. The number of ether oxygens (including phenoxy) is 2. The third kappa shape index (κ3) is 9.72. The molecule has 0 fully saturated rings. The van der Waals surface area contributed by atoms with E-state index in [1.54, 1.807) is 58.0 Å². The highest BCUT2D eigenvalue weighted by atomic mass is 32.1. The number of hydrogen-bond donors (Lipinski definition) is 4. The van der Waals surface area contributed by atoms with Crippen molar-refractivity contribution >= 4 is 52.5 Å². The Morgan fingerprint density at radius 1 is 1.07 bits per heavy atom. The van der Waals surface area contributed by atoms with Crippen molar-refractivity contribution in [3.05, 3.63) is 18.2 Å². The van der Waals surface area contributed by atoms with Gasteiger partial charge >= 0.3 is 12.2 Å². The summed E-state index contributed by atoms with van der Waals surface area (Å²) >= 11 is 5.10. The highest BCUT2D eigenvalue weighted by Gasteiger charge is 2.13. The van der Waals surface area contributed by atoms with Crippen molar-refractivity contribution in [3.63, 3.8) is 0 Å². The molecule has 4 N–H and O–H groups in total. The Morgan fingerprint density at radius 3 is 2.34 bits per heavy atom. The van der Waals surface area contributed by atoms with E-state index in [1.807, 2.05) is 0 Å². The lowest BCUT2D eigenvalue weighted by atomic mass is 10.2. The zero-order valence-electron chi connectivity index (χ0n) is 17.1. The number of anilines is 3. The molecule has 29 heavy (non-hydrogen) atoms. The van der Waals surface area contributed by atoms with E-state index >= 15 is 0 Å². The molecule has 3 amide bonds. The predicted molar refractivity (Wildman–Crippen MR) is 115 cm³/mol. The lowest BCUT2D eigenvalue weighted by Crippen LogP contribution is -2.35. The first-order valence-electron chi connectivity index (χ1n) is 8.91. The standard InChI is InChI=1S/C18H27N5O5S/c1-6-27-17(25)22-16(29)21-14-9-12(19-18(26)28-11(2)3)7-8-13(14)20-15(24)10-23(4)5/h7-9,11H,6,10H2,1-5H3,(H,19,26)(H,20,24)(H2,21,22,25,29). The first-order chi connectivity index (χ1) is 13.6. The van der Waals surface area contributed by atoms with Crippen LogP contribution in [0.15, 0.2) is 18.2 Å². The average molecular weight is 426 g/mol. The molecule has 0 atom stereocenters. The van der Waals surface area contributed by atoms with Gasteiger partial charge in [0.15, 0.2) is 5.11 Å². The van der Waals surface area contributed by atoms with Crippen LogP contribution < -0.4 is 21.3 Å². The second-order valence-corrected chi connectivity index (χ2v) is 6.83. The maximum Gasteiger partial charge on any atom is 0.413 e. The number of thiocarbonyl (C=S) groups is 1. The number of amides is 3. The Labute approximate surface area is 175 Å². The van der Waals surface area contributed by atoms with Gasteiger partial charge in [-0.3, -0.25) is 15.4 Å². The number of nitrogens with zero attached hydrogens (tertiary/aromatic N) is 1. The van der Waals surface area contributed by atoms with Crippen LogP contribution in [-0.2, 0) is 14.3 Å². The highest BCUT2D eigenvalue weighted by molar-refractivity contribution is 7.80. The molecule has 1 rings (SSSR count). The van der Waals surface area contributed by atoms with Crippen LogP contribution in [0.3, 0.4) is 0 Å². The molecule has 10 nitrogen and oxygen atoms in total. The van der Waals surface area contributed by atoms with Crippen molar-refractivity contribution in [1.82, 2.24) is 10.2 Å². The number of carbonyl (C=O) groups is 3. The van der Waals surface area contributed by atoms with Crippen molar-refractivity contribution in [1.29, 1.82) is 0 Å². The molecule has 0 aliphatic carbocycles. The maximum atomic E-state index is 12.1. The normalized spacial score (nSPS) is 10.3. The number of benzene rings is 1. The van der Waals surface area contributed by atoms with Crippen LogP contribution in [0.2, 0.25) is 0 Å². The summed E-state index contributed by atoms with van der Waals surface area (Å²) in [5.74, 6) is -0.248. The number of hydrogen-bond acceptors (Lipinski definition) is 7. The molecule has 0 aliphatic heterocycles. The van der Waals surface area contributed by atoms with Crippen molar-refractivity contribution in [2.24, 2.45) is 0 Å². The minimum Gasteiger partial charge on any atom is -0.450 e. The van der Waals surface area contributed by atoms with Gasteiger partial charge in [0.25, 0.3) is 0 Å². The van der Waals surface area contributed by atoms with Gasteiger partial charge in [-0.25, -0.2) is 9.59 Å². The monoisotopic (exact) mass is 425 g/mol. The lowest BCUT2D eigenvalue weighted by Gasteiger charge is -2.17. The molecule has 0 saturated carbocycles. The fourth-order valence-corrected chi connectivity index (χ4v) is 2.28. The van der Waals surface area contributed by atoms with Crippen LogP contribution in [0.25, 0.3) is 0 Å². The van der Waals surface area contributed by atoms with E-state index in [1.165, 1.54) is 0 Å². The molecule has 0 unspecified atom stereocenters. The van der Waals surface area contributed by atoms with E-state index in [-0.39, 0.29) is 30.3 Å². The number of carbonyl (C=O) groups excluding carboxylic acids is 3. The highest BCUT2D eigenvalue weighted by Crippen LogP contribution is 2.26. The van der Waals surface area contributed by atoms with Crippen LogP contribution in [0.1, 0.15) is 20.8 Å². The van der Waals surface area contributed by atoms with Gasteiger partial charge in [-0.2, -0.15) is 0 Å². The molecule has 0 bridgehead atoms. The molecule has 1 aromatic rings. The van der Waals surface area contributed by atoms with E-state index in [0.717, 1.165) is 0 Å². The quantitative estimate of drug-likeness (QED) is 0.492. The summed E-state index contributed by atoms with van der Waals surface area (Å²) in [5.41, 5.74) is 1.18. The third-order valence-electron chi connectivity index (χ3n) is 3.08. The zero-order chi connectivity index (χ0) is 22.0. The van der Waals surface area contributed by atoms with Gasteiger partial charge in [0.2, 0.25) is 5.91 Å². The Bertz CT molecular complexity index is 754. The molecule has 1 aromatic carbocycles. The van der Waals surface area contributed by atoms with Crippen molar-refractivity contribution in [3.8, 4) is 0 Å². The molecule has 0 spiro atoms. The molecule has 11 heteroatoms. The molecular weight excluding hydrogens is 398 g/mol. The van der Waals surface area contributed by atoms with Gasteiger partial charge in [-0.05, 0) is 65.3 Å². The van der Waals surface area contributed by atoms with Gasteiger partial charge in [-0.15, -0.1) is 0 Å². The fourth-order valence-electron chi connectivity index (χ4n) is 2.09. The lowest BCUT2D eigenvalue weighted by molar-refractivity contribution is -0.116. The number of rotatable bonds is 7. The van der Waals surface area contributed by atoms with E-state index in [0.29, 0.717) is 17.1 Å². The van der Waals surface area contributed by atoms with Crippen molar-refractivity contribution in [2.45, 2.75) is 26.9 Å². The van der Waals surface area contributed by atoms with E-state index in [2.05, 4.69) is 21.3 Å². The van der Waals surface area contributed by atoms with Gasteiger partial charge in [0, 0.05) is 5.69 Å². The smallest absolute Gasteiger partial charge is 0.413 e. The minimum atomic E-state index is -0.710. The molecule has 0 radical (unpaired) electrons. The molecule has 0 saturated heterocycles. The predicted octanol–water partition coefficient (Wildman–Crippen LogP) is 2.59. The van der Waals surface area contributed by atoms with Gasteiger partial charge in [0.1, 0.15) is 0 Å². The van der Waals surface area contributed by atoms with Crippen molar-refractivity contribution in [2.75, 3.05) is 43.2 Å². The maximum absolute atomic E-state index is 12.1. The van der Waals surface area contributed by atoms with Crippen LogP contribution in [0, 0.1) is 0 Å². The van der Waals surface area contributed by atoms with E-state index in [9.17, 15) is 14.4 Å². The zero-order valence-corrected chi connectivity index (χ0v) is 17.9. The Morgan fingerprint density at radius 2 is 1.76 bits per heavy atom. The Kier molecular flexibility index (Phi) is 9.83. The van der Waals surface area contributed by atoms with Crippen LogP contribution in [-0.4, -0.2) is 61.5 Å². The molecule has 0 aliphatic rings. The van der Waals surface area contributed by atoms with Crippen LogP contribution in [0.4, 0.5) is 26.7 Å². The van der Waals surface area contributed by atoms with Crippen LogP contribution >= 0.6 is 12.2 Å². The Hall–Kier alpha value is -2.92. The summed E-state index contributed by atoms with van der Waals surface area (Å²) in [4.78, 5) is 37.2. The second-order valence-electron chi connectivity index (χ2n) is 6.42. The number of nitrogens with one attached hydrogen (secondary N) is 4. The SMILES string of the molecule is CCOC(=O)NC(=S)Nc1cc(NC(=O)OC(C)C)ccc1NC(=O)CN(C)C. The summed E-state index contributed by atoms with van der Waals surface area (Å²) in [6.45, 7) is 5.49. The topological polar surface area (TPSA) is 121 Å². The minimum absolute atomic E-state index is 0.0338. The average Bonchev–Trinajstić information content (AvgIpc) is 2.55. The summed E-state index contributed by atoms with van der Waals surface area (Å²) in [6.07, 6.45) is -1.61. The first-order valence-corrected chi connectivity index (χ1v) is 9.32. The molecular formula is C18H27N5O5S. The molecule has 160 valence electrons. The largest absolute Gasteiger partial charge is 0.450 e. The first kappa shape index (κ1) is 24.1. The van der Waals surface area contributed by atoms with Gasteiger partial charge in [0.05, 0.1) is 30.6 Å². The summed E-state index contributed by atoms with van der Waals surface area (Å²) in [5, 5.41) is 10.5. The third-order valence-corrected chi connectivity index (χ3v) is 3.29. The summed E-state index contributed by atoms with van der Waals surface area (Å²) < 4.78 is 9.82. The van der Waals surface area contributed by atoms with Crippen LogP contribution in [0.5, 0.6) is 0 Å². The van der Waals surface area contributed by atoms with E-state index < -0.39 is 12.2 Å². The fraction of sp³-hybridized carbons (Fsp3) is 0.444. The summed E-state index contributed by atoms with van der Waals surface area (Å²) in [7, 11) is 3.54.